The van der Waals surface area contributed by atoms with Crippen LogP contribution < -0.4 is 10.2 Å². The highest BCUT2D eigenvalue weighted by Gasteiger charge is 2.11. The zero-order valence-electron chi connectivity index (χ0n) is 15.5. The van der Waals surface area contributed by atoms with Gasteiger partial charge in [0.2, 0.25) is 0 Å². The van der Waals surface area contributed by atoms with Crippen molar-refractivity contribution in [1.29, 1.82) is 0 Å². The van der Waals surface area contributed by atoms with Gasteiger partial charge < -0.3 is 9.30 Å². The quantitative estimate of drug-likeness (QED) is 0.300. The number of nitrogens with one attached hydrogen (secondary N) is 1. The molecule has 0 saturated heterocycles. The van der Waals surface area contributed by atoms with Crippen molar-refractivity contribution >= 4 is 38.7 Å². The topological polar surface area (TPSA) is 38.5 Å². The van der Waals surface area contributed by atoms with Crippen molar-refractivity contribution in [3.63, 3.8) is 0 Å². The highest BCUT2D eigenvalue weighted by molar-refractivity contribution is 9.10. The molecule has 3 aromatic carbocycles. The van der Waals surface area contributed by atoms with Crippen LogP contribution in [-0.2, 0) is 13.7 Å². The molecule has 0 saturated carbocycles. The molecule has 0 bridgehead atoms. The number of aryl methyl sites for hydroxylation is 1. The maximum Gasteiger partial charge on any atom is 0.129 e. The average Bonchev–Trinajstić information content (AvgIpc) is 3.05. The summed E-state index contributed by atoms with van der Waals surface area (Å²) in [5.41, 5.74) is 7.25. The van der Waals surface area contributed by atoms with Crippen LogP contribution in [0.15, 0.2) is 88.6 Å². The molecule has 4 rings (SSSR count). The molecule has 1 N–H and O–H groups in total. The normalized spacial score (nSPS) is 11.2. The zero-order chi connectivity index (χ0) is 19.3. The average molecular weight is 434 g/mol. The minimum absolute atomic E-state index is 0.530. The number of ether oxygens (including phenoxy) is 1. The van der Waals surface area contributed by atoms with Crippen molar-refractivity contribution in [3.05, 3.63) is 94.6 Å². The van der Waals surface area contributed by atoms with E-state index >= 15 is 0 Å². The first-order valence-electron chi connectivity index (χ1n) is 9.00. The van der Waals surface area contributed by atoms with E-state index in [-0.39, 0.29) is 0 Å². The van der Waals surface area contributed by atoms with Gasteiger partial charge in [-0.15, -0.1) is 0 Å². The zero-order valence-corrected chi connectivity index (χ0v) is 17.1. The fourth-order valence-corrected chi connectivity index (χ4v) is 3.36. The second kappa shape index (κ2) is 8.31. The Labute approximate surface area is 172 Å². The van der Waals surface area contributed by atoms with E-state index in [1.807, 2.05) is 67.9 Å². The second-order valence-corrected chi connectivity index (χ2v) is 7.41. The van der Waals surface area contributed by atoms with E-state index < -0.39 is 0 Å². The third kappa shape index (κ3) is 4.10. The molecule has 1 heterocycles. The van der Waals surface area contributed by atoms with E-state index in [0.717, 1.165) is 37.9 Å². The molecule has 0 radical (unpaired) electrons. The fraction of sp³-hybridized carbons (Fsp3) is 0.0870. The summed E-state index contributed by atoms with van der Waals surface area (Å²) in [6.45, 7) is 0.530. The summed E-state index contributed by atoms with van der Waals surface area (Å²) in [5.74, 6) is 0.854. The summed E-state index contributed by atoms with van der Waals surface area (Å²) in [5, 5.41) is 5.46. The van der Waals surface area contributed by atoms with Crippen LogP contribution in [0.1, 0.15) is 11.1 Å². The molecule has 4 aromatic rings. The molecule has 28 heavy (non-hydrogen) atoms. The van der Waals surface area contributed by atoms with E-state index in [4.69, 9.17) is 4.74 Å². The Bertz CT molecular complexity index is 1100. The maximum atomic E-state index is 6.14. The smallest absolute Gasteiger partial charge is 0.129 e. The molecule has 4 nitrogen and oxygen atoms in total. The molecule has 0 amide bonds. The maximum absolute atomic E-state index is 6.14. The number of benzene rings is 3. The predicted octanol–water partition coefficient (Wildman–Crippen LogP) is 5.97. The minimum Gasteiger partial charge on any atom is -0.488 e. The van der Waals surface area contributed by atoms with Gasteiger partial charge >= 0.3 is 0 Å². The van der Waals surface area contributed by atoms with Gasteiger partial charge in [0, 0.05) is 23.3 Å². The summed E-state index contributed by atoms with van der Waals surface area (Å²) in [6, 6.07) is 24.2. The summed E-state index contributed by atoms with van der Waals surface area (Å²) in [4.78, 5) is 0. The molecule has 0 fully saturated rings. The lowest BCUT2D eigenvalue weighted by Gasteiger charge is -2.09. The summed E-state index contributed by atoms with van der Waals surface area (Å²) >= 11 is 3.44. The monoisotopic (exact) mass is 433 g/mol. The number of fused-ring (bicyclic) bond motifs is 1. The lowest BCUT2D eigenvalue weighted by atomic mass is 10.1. The largest absolute Gasteiger partial charge is 0.488 e. The summed E-state index contributed by atoms with van der Waals surface area (Å²) in [7, 11) is 2.03. The summed E-state index contributed by atoms with van der Waals surface area (Å²) < 4.78 is 9.26. The van der Waals surface area contributed by atoms with E-state index in [2.05, 4.69) is 55.4 Å². The van der Waals surface area contributed by atoms with Gasteiger partial charge in [0.05, 0.1) is 22.8 Å². The van der Waals surface area contributed by atoms with Gasteiger partial charge in [0.1, 0.15) is 12.4 Å². The minimum atomic E-state index is 0.530. The van der Waals surface area contributed by atoms with Crippen LogP contribution in [0, 0.1) is 0 Å². The Kier molecular flexibility index (Phi) is 5.44. The van der Waals surface area contributed by atoms with Gasteiger partial charge in [-0.05, 0) is 42.0 Å². The number of rotatable bonds is 6. The first-order chi connectivity index (χ1) is 13.7. The van der Waals surface area contributed by atoms with Gasteiger partial charge in [0.25, 0.3) is 0 Å². The van der Waals surface area contributed by atoms with Crippen molar-refractivity contribution in [1.82, 2.24) is 4.57 Å². The van der Waals surface area contributed by atoms with Crippen molar-refractivity contribution < 1.29 is 4.74 Å². The Morgan fingerprint density at radius 3 is 2.57 bits per heavy atom. The molecule has 1 aromatic heterocycles. The SMILES string of the molecule is Cn1cc(C=NNc2ccc(Br)cc2)c2c(OCc3ccccc3)cccc21. The molecule has 0 unspecified atom stereocenters. The van der Waals surface area contributed by atoms with Gasteiger partial charge in [-0.3, -0.25) is 5.43 Å². The Morgan fingerprint density at radius 1 is 1.00 bits per heavy atom. The molecule has 5 heteroatoms. The first kappa shape index (κ1) is 18.3. The number of halogens is 1. The van der Waals surface area contributed by atoms with Crippen LogP contribution >= 0.6 is 15.9 Å². The van der Waals surface area contributed by atoms with Gasteiger partial charge in [-0.1, -0.05) is 52.3 Å². The van der Waals surface area contributed by atoms with E-state index in [0.29, 0.717) is 6.61 Å². The number of aromatic nitrogens is 1. The van der Waals surface area contributed by atoms with Crippen LogP contribution in [0.25, 0.3) is 10.9 Å². The first-order valence-corrected chi connectivity index (χ1v) is 9.79. The number of hydrazone groups is 1. The van der Waals surface area contributed by atoms with E-state index in [1.54, 1.807) is 0 Å². The van der Waals surface area contributed by atoms with Crippen LogP contribution in [0.2, 0.25) is 0 Å². The van der Waals surface area contributed by atoms with Crippen LogP contribution in [-0.4, -0.2) is 10.8 Å². The second-order valence-electron chi connectivity index (χ2n) is 6.50. The van der Waals surface area contributed by atoms with Crippen molar-refractivity contribution in [2.24, 2.45) is 12.1 Å². The lowest BCUT2D eigenvalue weighted by molar-refractivity contribution is 0.310. The summed E-state index contributed by atoms with van der Waals surface area (Å²) in [6.07, 6.45) is 3.90. The van der Waals surface area contributed by atoms with E-state index in [9.17, 15) is 0 Å². The van der Waals surface area contributed by atoms with Gasteiger partial charge in [-0.25, -0.2) is 0 Å². The molecule has 0 aliphatic carbocycles. The molecule has 0 aliphatic heterocycles. The molecule has 0 spiro atoms. The number of nitrogens with zero attached hydrogens (tertiary/aromatic N) is 2. The standard InChI is InChI=1S/C23H20BrN3O/c1-27-15-18(14-25-26-20-12-10-19(24)11-13-20)23-21(27)8-5-9-22(23)28-16-17-6-3-2-4-7-17/h2-15,26H,16H2,1H3. The van der Waals surface area contributed by atoms with Crippen molar-refractivity contribution in [3.8, 4) is 5.75 Å². The van der Waals surface area contributed by atoms with E-state index in [1.165, 1.54) is 0 Å². The predicted molar refractivity (Wildman–Crippen MR) is 119 cm³/mol. The molecule has 0 atom stereocenters. The van der Waals surface area contributed by atoms with Crippen LogP contribution in [0.4, 0.5) is 5.69 Å². The number of hydrogen-bond donors (Lipinski definition) is 1. The Hall–Kier alpha value is -3.05. The molecular formula is C23H20BrN3O. The highest BCUT2D eigenvalue weighted by Crippen LogP contribution is 2.30. The fourth-order valence-electron chi connectivity index (χ4n) is 3.10. The molecular weight excluding hydrogens is 414 g/mol. The number of anilines is 1. The lowest BCUT2D eigenvalue weighted by Crippen LogP contribution is -1.96. The van der Waals surface area contributed by atoms with Crippen molar-refractivity contribution in [2.45, 2.75) is 6.61 Å². The third-order valence-corrected chi connectivity index (χ3v) is 5.01. The van der Waals surface area contributed by atoms with Crippen molar-refractivity contribution in [2.75, 3.05) is 5.43 Å². The van der Waals surface area contributed by atoms with Crippen LogP contribution in [0.3, 0.4) is 0 Å². The van der Waals surface area contributed by atoms with Gasteiger partial charge in [-0.2, -0.15) is 5.10 Å². The number of hydrogen-bond acceptors (Lipinski definition) is 3. The van der Waals surface area contributed by atoms with Crippen LogP contribution in [0.5, 0.6) is 5.75 Å². The van der Waals surface area contributed by atoms with Gasteiger partial charge in [0.15, 0.2) is 0 Å². The Morgan fingerprint density at radius 2 is 1.79 bits per heavy atom. The Balaban J connectivity index is 1.59. The molecule has 0 aliphatic rings. The third-order valence-electron chi connectivity index (χ3n) is 4.48. The molecule has 140 valence electrons. The highest BCUT2D eigenvalue weighted by atomic mass is 79.9.